The van der Waals surface area contributed by atoms with Gasteiger partial charge in [-0.05, 0) is 84.8 Å². The van der Waals surface area contributed by atoms with Crippen molar-refractivity contribution in [1.29, 1.82) is 0 Å². The van der Waals surface area contributed by atoms with Gasteiger partial charge in [-0.3, -0.25) is 28.8 Å². The zero-order valence-corrected chi connectivity index (χ0v) is 33.9. The van der Waals surface area contributed by atoms with Crippen LogP contribution in [-0.2, 0) is 37.8 Å². The summed E-state index contributed by atoms with van der Waals surface area (Å²) in [6, 6.07) is 6.29. The molecule has 1 fully saturated rings. The predicted octanol–water partition coefficient (Wildman–Crippen LogP) is 2.12. The summed E-state index contributed by atoms with van der Waals surface area (Å²) in [6.45, 7) is 2.76. The minimum Gasteiger partial charge on any atom is -0.351 e. The monoisotopic (exact) mass is 786 g/mol. The van der Waals surface area contributed by atoms with Crippen LogP contribution < -0.4 is 31.9 Å². The molecule has 4 aromatic rings. The van der Waals surface area contributed by atoms with Crippen molar-refractivity contribution in [3.8, 4) is 0 Å². The van der Waals surface area contributed by atoms with E-state index in [0.717, 1.165) is 25.9 Å². The van der Waals surface area contributed by atoms with Crippen molar-refractivity contribution in [3.05, 3.63) is 71.8 Å². The van der Waals surface area contributed by atoms with E-state index in [2.05, 4.69) is 31.9 Å². The molecule has 0 aliphatic heterocycles. The molecule has 2 unspecified atom stereocenters. The molecule has 57 heavy (non-hydrogen) atoms. The Kier molecular flexibility index (Phi) is 13.4. The quantitative estimate of drug-likeness (QED) is 0.0824. The van der Waals surface area contributed by atoms with Crippen molar-refractivity contribution in [3.63, 3.8) is 0 Å². The van der Waals surface area contributed by atoms with Crippen molar-refractivity contribution < 1.29 is 28.8 Å². The van der Waals surface area contributed by atoms with Gasteiger partial charge in [0.15, 0.2) is 0 Å². The molecule has 1 aliphatic rings. The Morgan fingerprint density at radius 2 is 0.807 bits per heavy atom. The highest BCUT2D eigenvalue weighted by Crippen LogP contribution is 2.40. The summed E-state index contributed by atoms with van der Waals surface area (Å²) in [5.74, 6) is -3.17. The van der Waals surface area contributed by atoms with Gasteiger partial charge >= 0.3 is 0 Å². The van der Waals surface area contributed by atoms with Crippen molar-refractivity contribution >= 4 is 58.2 Å². The van der Waals surface area contributed by atoms with E-state index in [9.17, 15) is 28.8 Å². The second-order valence-corrected chi connectivity index (χ2v) is 15.1. The van der Waals surface area contributed by atoms with E-state index in [-0.39, 0.29) is 35.0 Å². The van der Waals surface area contributed by atoms with Crippen LogP contribution in [-0.4, -0.2) is 118 Å². The molecule has 6 N–H and O–H groups in total. The zero-order valence-electron chi connectivity index (χ0n) is 33.9. The van der Waals surface area contributed by atoms with Crippen LogP contribution in [0, 0.1) is 11.8 Å². The molecule has 0 radical (unpaired) electrons. The number of carbonyl (C=O) groups excluding carboxylic acids is 6. The van der Waals surface area contributed by atoms with Crippen molar-refractivity contribution in [2.24, 2.45) is 40.0 Å². The van der Waals surface area contributed by atoms with Gasteiger partial charge < -0.3 is 60.0 Å². The molecule has 4 aromatic heterocycles. The van der Waals surface area contributed by atoms with E-state index in [1.807, 2.05) is 38.0 Å². The summed E-state index contributed by atoms with van der Waals surface area (Å²) in [6.07, 6.45) is 8.48. The molecule has 18 heteroatoms. The van der Waals surface area contributed by atoms with Crippen LogP contribution in [0.1, 0.15) is 61.2 Å². The number of aromatic nitrogens is 4. The molecule has 1 aliphatic carbocycles. The molecule has 6 amide bonds. The second-order valence-electron chi connectivity index (χ2n) is 15.1. The first-order valence-electron chi connectivity index (χ1n) is 18.8. The zero-order chi connectivity index (χ0) is 41.6. The van der Waals surface area contributed by atoms with Gasteiger partial charge in [-0.15, -0.1) is 0 Å². The topological polar surface area (TPSA) is 201 Å². The Balaban J connectivity index is 1.09. The highest BCUT2D eigenvalue weighted by atomic mass is 16.2. The largest absolute Gasteiger partial charge is 0.351 e. The number of hydrogen-bond acceptors (Lipinski definition) is 8. The maximum absolute atomic E-state index is 13.2. The fraction of sp³-hybridized carbons (Fsp3) is 0.436. The van der Waals surface area contributed by atoms with E-state index < -0.39 is 23.7 Å². The molecule has 306 valence electrons. The van der Waals surface area contributed by atoms with Crippen LogP contribution in [0.15, 0.2) is 49.1 Å². The number of amides is 6. The summed E-state index contributed by atoms with van der Waals surface area (Å²) < 4.78 is 6.44. The van der Waals surface area contributed by atoms with E-state index in [1.165, 1.54) is 0 Å². The first-order chi connectivity index (χ1) is 27.0. The Hall–Kier alpha value is -6.14. The number of aryl methyl sites for hydroxylation is 4. The fourth-order valence-electron chi connectivity index (χ4n) is 6.44. The second kappa shape index (κ2) is 18.2. The van der Waals surface area contributed by atoms with Gasteiger partial charge in [0, 0.05) is 66.1 Å². The molecule has 5 rings (SSSR count). The SMILES string of the molecule is CN(C)CCCNC(=O)c1cc(NC(=O)c2cc(NC(=O)C3CC3C(=O)Nc3cc(C(=O)Nc4cc(C(=O)NCCCN(C)C)n(C)c4)n(C)c3)cn2C)cn1C. The van der Waals surface area contributed by atoms with Gasteiger partial charge in [0.2, 0.25) is 11.8 Å². The van der Waals surface area contributed by atoms with Crippen LogP contribution in [0.2, 0.25) is 0 Å². The third-order valence-corrected chi connectivity index (χ3v) is 9.60. The minimum atomic E-state index is -0.566. The minimum absolute atomic E-state index is 0.239. The summed E-state index contributed by atoms with van der Waals surface area (Å²) >= 11 is 0. The summed E-state index contributed by atoms with van der Waals surface area (Å²) in [5, 5.41) is 17.0. The highest BCUT2D eigenvalue weighted by Gasteiger charge is 2.48. The lowest BCUT2D eigenvalue weighted by Crippen LogP contribution is -2.28. The maximum atomic E-state index is 13.2. The van der Waals surface area contributed by atoms with Crippen LogP contribution in [0.25, 0.3) is 0 Å². The van der Waals surface area contributed by atoms with E-state index in [4.69, 9.17) is 0 Å². The number of rotatable bonds is 18. The number of carbonyl (C=O) groups is 6. The first-order valence-corrected chi connectivity index (χ1v) is 18.8. The Labute approximate surface area is 331 Å². The maximum Gasteiger partial charge on any atom is 0.272 e. The van der Waals surface area contributed by atoms with Crippen molar-refractivity contribution in [2.75, 3.05) is 75.6 Å². The number of nitrogens with zero attached hydrogens (tertiary/aromatic N) is 6. The first kappa shape index (κ1) is 42.0. The Morgan fingerprint density at radius 3 is 1.12 bits per heavy atom. The van der Waals surface area contributed by atoms with Crippen LogP contribution >= 0.6 is 0 Å². The molecule has 18 nitrogen and oxygen atoms in total. The average molecular weight is 787 g/mol. The van der Waals surface area contributed by atoms with Gasteiger partial charge in [0.05, 0.1) is 34.6 Å². The Morgan fingerprint density at radius 1 is 0.509 bits per heavy atom. The van der Waals surface area contributed by atoms with Gasteiger partial charge in [-0.25, -0.2) is 0 Å². The number of anilines is 4. The summed E-state index contributed by atoms with van der Waals surface area (Å²) in [7, 11) is 14.7. The molecule has 0 aromatic carbocycles. The molecule has 0 saturated heterocycles. The van der Waals surface area contributed by atoms with Gasteiger partial charge in [-0.1, -0.05) is 0 Å². The molecular weight excluding hydrogens is 733 g/mol. The van der Waals surface area contributed by atoms with E-state index >= 15 is 0 Å². The lowest BCUT2D eigenvalue weighted by atomic mass is 10.2. The van der Waals surface area contributed by atoms with Gasteiger partial charge in [0.25, 0.3) is 23.6 Å². The molecule has 0 bridgehead atoms. The lowest BCUT2D eigenvalue weighted by molar-refractivity contribution is -0.122. The van der Waals surface area contributed by atoms with Crippen LogP contribution in [0.5, 0.6) is 0 Å². The molecule has 0 spiro atoms. The molecule has 2 atom stereocenters. The van der Waals surface area contributed by atoms with E-state index in [1.54, 1.807) is 95.5 Å². The van der Waals surface area contributed by atoms with Gasteiger partial charge in [-0.2, -0.15) is 0 Å². The van der Waals surface area contributed by atoms with Crippen LogP contribution in [0.3, 0.4) is 0 Å². The summed E-state index contributed by atoms with van der Waals surface area (Å²) in [5.41, 5.74) is 3.06. The van der Waals surface area contributed by atoms with Crippen LogP contribution in [0.4, 0.5) is 22.7 Å². The number of nitrogens with one attached hydrogen (secondary N) is 6. The predicted molar refractivity (Wildman–Crippen MR) is 217 cm³/mol. The summed E-state index contributed by atoms with van der Waals surface area (Å²) in [4.78, 5) is 81.9. The van der Waals surface area contributed by atoms with Crippen molar-refractivity contribution in [1.82, 2.24) is 38.7 Å². The fourth-order valence-corrected chi connectivity index (χ4v) is 6.44. The molecular formula is C39H54N12O6. The smallest absolute Gasteiger partial charge is 0.272 e. The average Bonchev–Trinajstić information content (AvgIpc) is 3.28. The van der Waals surface area contributed by atoms with Crippen molar-refractivity contribution in [2.45, 2.75) is 19.3 Å². The normalized spacial score (nSPS) is 14.7. The van der Waals surface area contributed by atoms with Gasteiger partial charge in [0.1, 0.15) is 22.8 Å². The highest BCUT2D eigenvalue weighted by molar-refractivity contribution is 6.08. The standard InChI is InChI=1S/C39H54N12O6/c1-46(2)13-9-11-40-36(54)30-15-26(22-48(30)5)44-38(56)32-17-24(20-50(32)7)42-34(52)28-19-29(28)35(53)43-25-18-33(51(8)21-25)39(57)45-27-16-31(49(6)23-27)37(55)41-12-10-14-47(3)4/h15-18,20-23,28-29H,9-14,19H2,1-8H3,(H,40,54)(H,41,55)(H,42,52)(H,43,53)(H,44,56)(H,45,57). The molecule has 1 saturated carbocycles. The Bertz CT molecular complexity index is 1990. The lowest BCUT2D eigenvalue weighted by Gasteiger charge is -2.10. The van der Waals surface area contributed by atoms with E-state index in [0.29, 0.717) is 53.6 Å². The third kappa shape index (κ3) is 11.0. The molecule has 4 heterocycles. The third-order valence-electron chi connectivity index (χ3n) is 9.60. The number of hydrogen-bond donors (Lipinski definition) is 6.